The van der Waals surface area contributed by atoms with Crippen molar-refractivity contribution in [1.82, 2.24) is 10.2 Å². The van der Waals surface area contributed by atoms with Gasteiger partial charge in [0.2, 0.25) is 11.8 Å². The molecule has 0 unspecified atom stereocenters. The quantitative estimate of drug-likeness (QED) is 0.715. The van der Waals surface area contributed by atoms with Gasteiger partial charge in [0.25, 0.3) is 0 Å². The molecule has 1 heterocycles. The van der Waals surface area contributed by atoms with Crippen molar-refractivity contribution in [2.75, 3.05) is 18.5 Å². The molecule has 0 saturated carbocycles. The van der Waals surface area contributed by atoms with E-state index in [2.05, 4.69) is 10.6 Å². The molecule has 0 spiro atoms. The van der Waals surface area contributed by atoms with Gasteiger partial charge in [0.1, 0.15) is 5.75 Å². The van der Waals surface area contributed by atoms with Crippen molar-refractivity contribution < 1.29 is 19.1 Å². The highest BCUT2D eigenvalue weighted by Gasteiger charge is 2.28. The first-order chi connectivity index (χ1) is 13.0. The monoisotopic (exact) mass is 387 g/mol. The number of nitrogens with zero attached hydrogens (tertiary/aromatic N) is 1. The average Bonchev–Trinajstić information content (AvgIpc) is 2.94. The zero-order valence-electron chi connectivity index (χ0n) is 14.4. The summed E-state index contributed by atoms with van der Waals surface area (Å²) in [5, 5.41) is 5.82. The number of amides is 4. The van der Waals surface area contributed by atoms with Gasteiger partial charge in [0.05, 0.1) is 26.1 Å². The summed E-state index contributed by atoms with van der Waals surface area (Å²) in [6.07, 6.45) is 0.170. The van der Waals surface area contributed by atoms with E-state index >= 15 is 0 Å². The van der Waals surface area contributed by atoms with E-state index in [0.29, 0.717) is 16.5 Å². The van der Waals surface area contributed by atoms with Gasteiger partial charge in [0.15, 0.2) is 0 Å². The molecule has 7 nitrogen and oxygen atoms in total. The molecule has 0 radical (unpaired) electrons. The van der Waals surface area contributed by atoms with Crippen LogP contribution in [0.1, 0.15) is 12.0 Å². The first kappa shape index (κ1) is 18.7. The highest BCUT2D eigenvalue weighted by atomic mass is 35.5. The fraction of sp³-hybridized carbons (Fsp3) is 0.211. The van der Waals surface area contributed by atoms with Gasteiger partial charge in [0, 0.05) is 10.7 Å². The molecule has 1 saturated heterocycles. The van der Waals surface area contributed by atoms with Crippen molar-refractivity contribution in [3.05, 3.63) is 59.1 Å². The van der Waals surface area contributed by atoms with E-state index in [9.17, 15) is 14.4 Å². The molecule has 4 amide bonds. The molecule has 0 aromatic heterocycles. The van der Waals surface area contributed by atoms with Gasteiger partial charge in [-0.05, 0) is 35.9 Å². The number of carbonyl (C=O) groups excluding carboxylic acids is 3. The fourth-order valence-corrected chi connectivity index (χ4v) is 2.77. The molecule has 27 heavy (non-hydrogen) atoms. The fourth-order valence-electron chi connectivity index (χ4n) is 2.59. The highest BCUT2D eigenvalue weighted by Crippen LogP contribution is 2.18. The summed E-state index contributed by atoms with van der Waals surface area (Å²) in [4.78, 5) is 36.5. The largest absolute Gasteiger partial charge is 0.493 e. The summed E-state index contributed by atoms with van der Waals surface area (Å²) >= 11 is 5.88. The molecular weight excluding hydrogens is 370 g/mol. The predicted octanol–water partition coefficient (Wildman–Crippen LogP) is 2.80. The van der Waals surface area contributed by atoms with Crippen LogP contribution in [0.15, 0.2) is 48.5 Å². The van der Waals surface area contributed by atoms with Gasteiger partial charge >= 0.3 is 6.03 Å². The van der Waals surface area contributed by atoms with Gasteiger partial charge in [-0.15, -0.1) is 0 Å². The lowest BCUT2D eigenvalue weighted by molar-refractivity contribution is -0.125. The molecule has 0 bridgehead atoms. The third-order valence-electron chi connectivity index (χ3n) is 3.88. The highest BCUT2D eigenvalue weighted by molar-refractivity contribution is 6.30. The Morgan fingerprint density at radius 1 is 1.19 bits per heavy atom. The van der Waals surface area contributed by atoms with E-state index in [1.807, 2.05) is 0 Å². The first-order valence-electron chi connectivity index (χ1n) is 8.36. The Hall–Kier alpha value is -3.06. The summed E-state index contributed by atoms with van der Waals surface area (Å²) in [5.74, 6) is 0.127. The number of carbonyl (C=O) groups is 3. The number of imide groups is 1. The lowest BCUT2D eigenvalue weighted by Gasteiger charge is -2.13. The van der Waals surface area contributed by atoms with Crippen molar-refractivity contribution in [2.24, 2.45) is 0 Å². The van der Waals surface area contributed by atoms with Crippen LogP contribution in [0.2, 0.25) is 5.02 Å². The van der Waals surface area contributed by atoms with Crippen LogP contribution in [-0.4, -0.2) is 35.9 Å². The van der Waals surface area contributed by atoms with Gasteiger partial charge < -0.3 is 15.4 Å². The number of hydrogen-bond donors (Lipinski definition) is 2. The molecule has 2 aromatic carbocycles. The number of hydrogen-bond acceptors (Lipinski definition) is 4. The van der Waals surface area contributed by atoms with Crippen LogP contribution in [0, 0.1) is 0 Å². The minimum atomic E-state index is -0.410. The van der Waals surface area contributed by atoms with E-state index < -0.39 is 6.03 Å². The van der Waals surface area contributed by atoms with Crippen molar-refractivity contribution in [1.29, 1.82) is 0 Å². The van der Waals surface area contributed by atoms with Crippen LogP contribution in [0.4, 0.5) is 10.5 Å². The lowest BCUT2D eigenvalue weighted by atomic mass is 10.2. The summed E-state index contributed by atoms with van der Waals surface area (Å²) in [6.45, 7) is 0.391. The zero-order chi connectivity index (χ0) is 19.2. The number of ether oxygens (including phenoxy) is 1. The number of halogens is 1. The van der Waals surface area contributed by atoms with Crippen molar-refractivity contribution in [2.45, 2.75) is 13.0 Å². The molecule has 0 atom stereocenters. The minimum absolute atomic E-state index is 0.0158. The lowest BCUT2D eigenvalue weighted by Crippen LogP contribution is -2.30. The average molecular weight is 388 g/mol. The topological polar surface area (TPSA) is 87.7 Å². The smallest absolute Gasteiger partial charge is 0.324 e. The maximum Gasteiger partial charge on any atom is 0.324 e. The van der Waals surface area contributed by atoms with E-state index in [0.717, 1.165) is 10.5 Å². The second kappa shape index (κ2) is 8.55. The first-order valence-corrected chi connectivity index (χ1v) is 8.74. The normalized spacial score (nSPS) is 13.4. The van der Waals surface area contributed by atoms with E-state index in [4.69, 9.17) is 16.3 Å². The summed E-state index contributed by atoms with van der Waals surface area (Å²) in [7, 11) is 0. The maximum atomic E-state index is 12.1. The van der Waals surface area contributed by atoms with Crippen LogP contribution in [0.25, 0.3) is 0 Å². The number of urea groups is 1. The number of anilines is 1. The molecular formula is C19H18ClN3O4. The Morgan fingerprint density at radius 2 is 2.00 bits per heavy atom. The van der Waals surface area contributed by atoms with E-state index in [-0.39, 0.29) is 37.9 Å². The third-order valence-corrected chi connectivity index (χ3v) is 4.12. The van der Waals surface area contributed by atoms with Gasteiger partial charge in [-0.1, -0.05) is 29.8 Å². The molecule has 2 aromatic rings. The zero-order valence-corrected chi connectivity index (χ0v) is 15.2. The molecule has 3 rings (SSSR count). The van der Waals surface area contributed by atoms with Crippen molar-refractivity contribution in [3.8, 4) is 5.75 Å². The third kappa shape index (κ3) is 5.21. The number of rotatable bonds is 7. The molecule has 8 heteroatoms. The molecule has 0 aliphatic carbocycles. The summed E-state index contributed by atoms with van der Waals surface area (Å²) in [6, 6.07) is 13.6. The molecule has 140 valence electrons. The Kier molecular flexibility index (Phi) is 5.93. The maximum absolute atomic E-state index is 12.1. The van der Waals surface area contributed by atoms with Crippen LogP contribution in [-0.2, 0) is 16.1 Å². The Bertz CT molecular complexity index is 856. The SMILES string of the molecule is O=C(CCOc1cccc(Cl)c1)Nc1cccc(CN2C(=O)CNC2=O)c1. The summed E-state index contributed by atoms with van der Waals surface area (Å²) < 4.78 is 5.50. The minimum Gasteiger partial charge on any atom is -0.493 e. The molecule has 2 N–H and O–H groups in total. The second-order valence-electron chi connectivity index (χ2n) is 5.94. The Labute approximate surface area is 161 Å². The van der Waals surface area contributed by atoms with Crippen LogP contribution in [0.5, 0.6) is 5.75 Å². The number of benzene rings is 2. The summed E-state index contributed by atoms with van der Waals surface area (Å²) in [5.41, 5.74) is 1.33. The van der Waals surface area contributed by atoms with Crippen LogP contribution in [0.3, 0.4) is 0 Å². The van der Waals surface area contributed by atoms with Crippen LogP contribution < -0.4 is 15.4 Å². The van der Waals surface area contributed by atoms with Gasteiger partial charge in [-0.3, -0.25) is 14.5 Å². The molecule has 1 aliphatic rings. The van der Waals surface area contributed by atoms with Crippen molar-refractivity contribution >= 4 is 35.1 Å². The molecule has 1 fully saturated rings. The molecule has 1 aliphatic heterocycles. The van der Waals surface area contributed by atoms with Crippen LogP contribution >= 0.6 is 11.6 Å². The Morgan fingerprint density at radius 3 is 2.74 bits per heavy atom. The van der Waals surface area contributed by atoms with Gasteiger partial charge in [-0.2, -0.15) is 0 Å². The predicted molar refractivity (Wildman–Crippen MR) is 101 cm³/mol. The standard InChI is InChI=1S/C19H18ClN3O4/c20-14-4-2-6-16(10-14)27-8-7-17(24)22-15-5-1-3-13(9-15)12-23-18(25)11-21-19(23)26/h1-6,9-10H,7-8,11-12H2,(H,21,26)(H,22,24). The number of nitrogens with one attached hydrogen (secondary N) is 2. The van der Waals surface area contributed by atoms with E-state index in [1.165, 1.54) is 0 Å². The Balaban J connectivity index is 1.50. The van der Waals surface area contributed by atoms with Gasteiger partial charge in [-0.25, -0.2) is 4.79 Å². The second-order valence-corrected chi connectivity index (χ2v) is 6.38. The van der Waals surface area contributed by atoms with Crippen molar-refractivity contribution in [3.63, 3.8) is 0 Å². The van der Waals surface area contributed by atoms with E-state index in [1.54, 1.807) is 48.5 Å².